The fourth-order valence-corrected chi connectivity index (χ4v) is 3.03. The average Bonchev–Trinajstić information content (AvgIpc) is 2.74. The van der Waals surface area contributed by atoms with Gasteiger partial charge in [0.05, 0.1) is 5.69 Å². The zero-order chi connectivity index (χ0) is 21.3. The summed E-state index contributed by atoms with van der Waals surface area (Å²) in [6.07, 6.45) is 7.77. The van der Waals surface area contributed by atoms with E-state index in [1.807, 2.05) is 63.2 Å². The SMILES string of the molecule is C#CCON=C(C)c1cccc(CCCc2cc(C)nc(-c3cccc(C)n3)n2)n1. The minimum Gasteiger partial charge on any atom is -0.382 e. The Bertz CT molecular complexity index is 1080. The molecule has 0 amide bonds. The third kappa shape index (κ3) is 5.95. The molecule has 0 spiro atoms. The highest BCUT2D eigenvalue weighted by molar-refractivity contribution is 5.96. The molecule has 6 nitrogen and oxygen atoms in total. The van der Waals surface area contributed by atoms with Crippen LogP contribution in [0.5, 0.6) is 0 Å². The van der Waals surface area contributed by atoms with Crippen LogP contribution in [0.2, 0.25) is 0 Å². The smallest absolute Gasteiger partial charge is 0.178 e. The first kappa shape index (κ1) is 21.1. The monoisotopic (exact) mass is 399 g/mol. The standard InChI is InChI=1S/C24H25N5O/c1-5-15-30-29-19(4)22-13-8-11-20(27-22)10-7-12-21-16-18(3)26-24(28-21)23-14-6-9-17(2)25-23/h1,6,8-9,11,13-14,16H,7,10,12,15H2,2-4H3. The van der Waals surface area contributed by atoms with Gasteiger partial charge in [-0.25, -0.2) is 15.0 Å². The zero-order valence-corrected chi connectivity index (χ0v) is 17.6. The number of hydrogen-bond acceptors (Lipinski definition) is 6. The van der Waals surface area contributed by atoms with E-state index in [1.54, 1.807) is 0 Å². The van der Waals surface area contributed by atoms with E-state index in [-0.39, 0.29) is 6.61 Å². The summed E-state index contributed by atoms with van der Waals surface area (Å²) in [4.78, 5) is 23.5. The molecular formula is C24H25N5O. The fourth-order valence-electron chi connectivity index (χ4n) is 3.03. The molecule has 0 N–H and O–H groups in total. The van der Waals surface area contributed by atoms with Crippen molar-refractivity contribution < 1.29 is 4.84 Å². The number of aromatic nitrogens is 4. The molecule has 6 heteroatoms. The molecule has 30 heavy (non-hydrogen) atoms. The van der Waals surface area contributed by atoms with Crippen LogP contribution in [0.1, 0.15) is 41.8 Å². The molecule has 0 radical (unpaired) electrons. The Hall–Kier alpha value is -3.59. The highest BCUT2D eigenvalue weighted by Crippen LogP contribution is 2.15. The van der Waals surface area contributed by atoms with Crippen molar-refractivity contribution in [3.63, 3.8) is 0 Å². The number of pyridine rings is 2. The van der Waals surface area contributed by atoms with Crippen LogP contribution in [0.4, 0.5) is 0 Å². The van der Waals surface area contributed by atoms with E-state index >= 15 is 0 Å². The maximum Gasteiger partial charge on any atom is 0.178 e. The largest absolute Gasteiger partial charge is 0.382 e. The molecular weight excluding hydrogens is 374 g/mol. The van der Waals surface area contributed by atoms with Gasteiger partial charge in [0.25, 0.3) is 0 Å². The molecule has 0 fully saturated rings. The molecule has 0 aliphatic rings. The molecule has 0 aromatic carbocycles. The van der Waals surface area contributed by atoms with Crippen molar-refractivity contribution in [3.8, 4) is 23.9 Å². The molecule has 3 aromatic heterocycles. The second-order valence-corrected chi connectivity index (χ2v) is 7.01. The normalized spacial score (nSPS) is 11.2. The molecule has 3 aromatic rings. The van der Waals surface area contributed by atoms with Crippen molar-refractivity contribution >= 4 is 5.71 Å². The minimum atomic E-state index is 0.148. The van der Waals surface area contributed by atoms with Gasteiger partial charge in [-0.3, -0.25) is 4.98 Å². The molecule has 0 unspecified atom stereocenters. The topological polar surface area (TPSA) is 73.2 Å². The third-order valence-electron chi connectivity index (χ3n) is 4.42. The van der Waals surface area contributed by atoms with E-state index in [4.69, 9.17) is 16.2 Å². The van der Waals surface area contributed by atoms with Crippen molar-refractivity contribution in [3.05, 3.63) is 70.9 Å². The van der Waals surface area contributed by atoms with Crippen LogP contribution in [0.15, 0.2) is 47.6 Å². The predicted octanol–water partition coefficient (Wildman–Crippen LogP) is 4.10. The summed E-state index contributed by atoms with van der Waals surface area (Å²) in [6, 6.07) is 13.8. The van der Waals surface area contributed by atoms with E-state index < -0.39 is 0 Å². The summed E-state index contributed by atoms with van der Waals surface area (Å²) in [5.41, 5.74) is 6.20. The van der Waals surface area contributed by atoms with Crippen molar-refractivity contribution in [2.24, 2.45) is 5.16 Å². The molecule has 0 aliphatic carbocycles. The number of aryl methyl sites for hydroxylation is 4. The summed E-state index contributed by atoms with van der Waals surface area (Å²) >= 11 is 0. The molecule has 3 heterocycles. The van der Waals surface area contributed by atoms with E-state index in [9.17, 15) is 0 Å². The molecule has 0 atom stereocenters. The van der Waals surface area contributed by atoms with Gasteiger partial charge in [-0.1, -0.05) is 23.2 Å². The third-order valence-corrected chi connectivity index (χ3v) is 4.42. The number of hydrogen-bond donors (Lipinski definition) is 0. The second-order valence-electron chi connectivity index (χ2n) is 7.01. The maximum atomic E-state index is 5.17. The van der Waals surface area contributed by atoms with Gasteiger partial charge in [-0.2, -0.15) is 0 Å². The van der Waals surface area contributed by atoms with Crippen LogP contribution in [0, 0.1) is 26.2 Å². The highest BCUT2D eigenvalue weighted by atomic mass is 16.6. The van der Waals surface area contributed by atoms with Crippen molar-refractivity contribution in [1.82, 2.24) is 19.9 Å². The average molecular weight is 399 g/mol. The fraction of sp³-hybridized carbons (Fsp3) is 0.292. The Kier molecular flexibility index (Phi) is 7.23. The Morgan fingerprint density at radius 2 is 1.77 bits per heavy atom. The summed E-state index contributed by atoms with van der Waals surface area (Å²) in [7, 11) is 0. The first-order valence-electron chi connectivity index (χ1n) is 9.90. The van der Waals surface area contributed by atoms with Crippen LogP contribution in [0.25, 0.3) is 11.5 Å². The molecule has 0 bridgehead atoms. The highest BCUT2D eigenvalue weighted by Gasteiger charge is 2.08. The minimum absolute atomic E-state index is 0.148. The van der Waals surface area contributed by atoms with Gasteiger partial charge in [0.15, 0.2) is 12.4 Å². The van der Waals surface area contributed by atoms with Crippen molar-refractivity contribution in [2.45, 2.75) is 40.0 Å². The van der Waals surface area contributed by atoms with Crippen LogP contribution in [-0.2, 0) is 17.7 Å². The predicted molar refractivity (Wildman–Crippen MR) is 118 cm³/mol. The summed E-state index contributed by atoms with van der Waals surface area (Å²) in [6.45, 7) is 5.96. The van der Waals surface area contributed by atoms with E-state index in [1.165, 1.54) is 0 Å². The van der Waals surface area contributed by atoms with E-state index in [0.29, 0.717) is 11.5 Å². The van der Waals surface area contributed by atoms with Gasteiger partial charge in [-0.15, -0.1) is 6.42 Å². The lowest BCUT2D eigenvalue weighted by Gasteiger charge is -2.07. The van der Waals surface area contributed by atoms with Crippen LogP contribution < -0.4 is 0 Å². The Balaban J connectivity index is 1.65. The van der Waals surface area contributed by atoms with Crippen molar-refractivity contribution in [1.29, 1.82) is 0 Å². The van der Waals surface area contributed by atoms with Gasteiger partial charge in [0.1, 0.15) is 11.4 Å². The molecule has 0 saturated heterocycles. The Morgan fingerprint density at radius 1 is 0.967 bits per heavy atom. The van der Waals surface area contributed by atoms with Gasteiger partial charge in [0.2, 0.25) is 0 Å². The summed E-state index contributed by atoms with van der Waals surface area (Å²) in [5.74, 6) is 3.06. The first-order chi connectivity index (χ1) is 14.5. The van der Waals surface area contributed by atoms with Crippen LogP contribution in [0.3, 0.4) is 0 Å². The molecule has 0 aliphatic heterocycles. The van der Waals surface area contributed by atoms with Gasteiger partial charge >= 0.3 is 0 Å². The lowest BCUT2D eigenvalue weighted by Crippen LogP contribution is -2.04. The van der Waals surface area contributed by atoms with Gasteiger partial charge in [0, 0.05) is 22.8 Å². The van der Waals surface area contributed by atoms with Crippen LogP contribution >= 0.6 is 0 Å². The molecule has 152 valence electrons. The molecule has 3 rings (SSSR count). The van der Waals surface area contributed by atoms with Gasteiger partial charge < -0.3 is 4.84 Å². The first-order valence-corrected chi connectivity index (χ1v) is 9.90. The zero-order valence-electron chi connectivity index (χ0n) is 17.6. The Morgan fingerprint density at radius 3 is 2.57 bits per heavy atom. The number of oxime groups is 1. The summed E-state index contributed by atoms with van der Waals surface area (Å²) < 4.78 is 0. The maximum absolute atomic E-state index is 5.17. The second kappa shape index (κ2) is 10.3. The number of nitrogens with zero attached hydrogens (tertiary/aromatic N) is 5. The molecule has 0 saturated carbocycles. The van der Waals surface area contributed by atoms with E-state index in [2.05, 4.69) is 26.0 Å². The van der Waals surface area contributed by atoms with Gasteiger partial charge in [-0.05, 0) is 70.4 Å². The Labute approximate surface area is 177 Å². The number of terminal acetylenes is 1. The number of rotatable bonds is 8. The lowest BCUT2D eigenvalue weighted by molar-refractivity contribution is 0.180. The van der Waals surface area contributed by atoms with Crippen molar-refractivity contribution in [2.75, 3.05) is 6.61 Å². The van der Waals surface area contributed by atoms with E-state index in [0.717, 1.165) is 53.4 Å². The lowest BCUT2D eigenvalue weighted by atomic mass is 10.1. The quantitative estimate of drug-likeness (QED) is 0.247. The summed E-state index contributed by atoms with van der Waals surface area (Å²) in [5, 5.41) is 4.00. The van der Waals surface area contributed by atoms with Crippen LogP contribution in [-0.4, -0.2) is 32.3 Å².